The summed E-state index contributed by atoms with van der Waals surface area (Å²) in [6, 6.07) is 9.69. The van der Waals surface area contributed by atoms with Crippen LogP contribution < -0.4 is 5.32 Å². The third-order valence-electron chi connectivity index (χ3n) is 3.17. The van der Waals surface area contributed by atoms with E-state index in [1.807, 2.05) is 0 Å². The largest absolute Gasteiger partial charge is 0.463 e. The van der Waals surface area contributed by atoms with Gasteiger partial charge in [-0.25, -0.2) is 0 Å². The van der Waals surface area contributed by atoms with E-state index in [1.54, 1.807) is 50.2 Å². The van der Waals surface area contributed by atoms with Gasteiger partial charge >= 0.3 is 0 Å². The van der Waals surface area contributed by atoms with Crippen molar-refractivity contribution in [2.24, 2.45) is 0 Å². The van der Waals surface area contributed by atoms with Crippen LogP contribution in [-0.4, -0.2) is 23.8 Å². The van der Waals surface area contributed by atoms with Gasteiger partial charge < -0.3 is 14.8 Å². The summed E-state index contributed by atoms with van der Waals surface area (Å²) in [5.41, 5.74) is -0.358. The number of rotatable bonds is 5. The van der Waals surface area contributed by atoms with Gasteiger partial charge in [0.15, 0.2) is 0 Å². The number of aliphatic hydroxyl groups is 1. The van der Waals surface area contributed by atoms with Crippen molar-refractivity contribution in [2.75, 3.05) is 6.54 Å². The zero-order chi connectivity index (χ0) is 15.5. The number of aldehydes is 1. The van der Waals surface area contributed by atoms with Gasteiger partial charge in [0, 0.05) is 11.1 Å². The molecule has 0 spiro atoms. The molecule has 5 heteroatoms. The number of benzene rings is 1. The molecule has 1 aromatic heterocycles. The van der Waals surface area contributed by atoms with E-state index in [0.717, 1.165) is 0 Å². The first kappa shape index (κ1) is 15.0. The summed E-state index contributed by atoms with van der Waals surface area (Å²) in [6.45, 7) is 3.38. The van der Waals surface area contributed by atoms with Crippen LogP contribution in [0.5, 0.6) is 0 Å². The number of hydrogen-bond donors (Lipinski definition) is 2. The maximum Gasteiger partial charge on any atom is 0.251 e. The summed E-state index contributed by atoms with van der Waals surface area (Å²) in [7, 11) is 0. The molecular formula is C16H17NO4. The monoisotopic (exact) mass is 287 g/mol. The molecule has 5 nitrogen and oxygen atoms in total. The van der Waals surface area contributed by atoms with Gasteiger partial charge in [-0.1, -0.05) is 12.1 Å². The molecule has 0 aliphatic carbocycles. The first-order valence-electron chi connectivity index (χ1n) is 6.55. The van der Waals surface area contributed by atoms with E-state index in [-0.39, 0.29) is 12.5 Å². The van der Waals surface area contributed by atoms with E-state index in [2.05, 4.69) is 5.32 Å². The van der Waals surface area contributed by atoms with Gasteiger partial charge in [0.05, 0.1) is 6.54 Å². The fourth-order valence-electron chi connectivity index (χ4n) is 1.88. The van der Waals surface area contributed by atoms with Crippen LogP contribution in [0.1, 0.15) is 39.2 Å². The van der Waals surface area contributed by atoms with E-state index >= 15 is 0 Å². The Hall–Kier alpha value is -2.40. The fraction of sp³-hybridized carbons (Fsp3) is 0.250. The van der Waals surface area contributed by atoms with Crippen molar-refractivity contribution in [1.29, 1.82) is 0 Å². The zero-order valence-corrected chi connectivity index (χ0v) is 11.9. The molecule has 1 aromatic carbocycles. The second kappa shape index (κ2) is 5.93. The quantitative estimate of drug-likeness (QED) is 0.825. The summed E-state index contributed by atoms with van der Waals surface area (Å²) in [5.74, 6) is 0.772. The normalized spacial score (nSPS) is 13.5. The number of amides is 1. The van der Waals surface area contributed by atoms with E-state index in [9.17, 15) is 14.7 Å². The van der Waals surface area contributed by atoms with Crippen LogP contribution in [0.3, 0.4) is 0 Å². The molecule has 0 saturated carbocycles. The van der Waals surface area contributed by atoms with Crippen LogP contribution in [0.15, 0.2) is 40.8 Å². The smallest absolute Gasteiger partial charge is 0.251 e. The molecule has 2 N–H and O–H groups in total. The lowest BCUT2D eigenvalue weighted by atomic mass is 10.0. The average molecular weight is 287 g/mol. The van der Waals surface area contributed by atoms with Gasteiger partial charge in [-0.2, -0.15) is 0 Å². The molecule has 21 heavy (non-hydrogen) atoms. The average Bonchev–Trinajstić information content (AvgIpc) is 2.92. The number of furan rings is 1. The SMILES string of the molecule is Cc1ccc(C(C)(O)CNC(=O)c2ccc(C=O)cc2)o1. The number of carbonyl (C=O) groups is 2. The highest BCUT2D eigenvalue weighted by molar-refractivity contribution is 5.94. The van der Waals surface area contributed by atoms with Crippen LogP contribution >= 0.6 is 0 Å². The fourth-order valence-corrected chi connectivity index (χ4v) is 1.88. The highest BCUT2D eigenvalue weighted by Crippen LogP contribution is 2.22. The first-order valence-corrected chi connectivity index (χ1v) is 6.55. The molecule has 0 aliphatic heterocycles. The highest BCUT2D eigenvalue weighted by Gasteiger charge is 2.27. The summed E-state index contributed by atoms with van der Waals surface area (Å²) in [4.78, 5) is 22.5. The van der Waals surface area contributed by atoms with Crippen LogP contribution in [0.2, 0.25) is 0 Å². The third-order valence-corrected chi connectivity index (χ3v) is 3.17. The molecule has 1 amide bonds. The van der Waals surface area contributed by atoms with Crippen molar-refractivity contribution in [2.45, 2.75) is 19.4 Å². The van der Waals surface area contributed by atoms with Crippen LogP contribution in [-0.2, 0) is 5.60 Å². The van der Waals surface area contributed by atoms with Crippen molar-refractivity contribution in [3.05, 3.63) is 59.0 Å². The van der Waals surface area contributed by atoms with Gasteiger partial charge in [0.1, 0.15) is 23.4 Å². The van der Waals surface area contributed by atoms with Gasteiger partial charge in [-0.3, -0.25) is 9.59 Å². The second-order valence-electron chi connectivity index (χ2n) is 5.11. The molecule has 0 saturated heterocycles. The zero-order valence-electron chi connectivity index (χ0n) is 11.9. The van der Waals surface area contributed by atoms with Crippen LogP contribution in [0.25, 0.3) is 0 Å². The van der Waals surface area contributed by atoms with Crippen molar-refractivity contribution in [1.82, 2.24) is 5.32 Å². The number of hydrogen-bond acceptors (Lipinski definition) is 4. The Kier molecular flexibility index (Phi) is 4.23. The standard InChI is InChI=1S/C16H17NO4/c1-11-3-8-14(21-11)16(2,20)10-17-15(19)13-6-4-12(9-18)5-7-13/h3-9,20H,10H2,1-2H3,(H,17,19). The number of carbonyl (C=O) groups excluding carboxylic acids is 2. The molecular weight excluding hydrogens is 270 g/mol. The lowest BCUT2D eigenvalue weighted by Gasteiger charge is -2.21. The van der Waals surface area contributed by atoms with Gasteiger partial charge in [0.25, 0.3) is 5.91 Å². The predicted octanol–water partition coefficient (Wildman–Crippen LogP) is 2.04. The Morgan fingerprint density at radius 2 is 1.95 bits per heavy atom. The van der Waals surface area contributed by atoms with Crippen molar-refractivity contribution in [3.63, 3.8) is 0 Å². The Balaban J connectivity index is 2.01. The Bertz CT molecular complexity index is 641. The first-order chi connectivity index (χ1) is 9.92. The maximum atomic E-state index is 12.0. The molecule has 1 heterocycles. The van der Waals surface area contributed by atoms with E-state index in [1.165, 1.54) is 0 Å². The minimum atomic E-state index is -1.29. The minimum Gasteiger partial charge on any atom is -0.463 e. The summed E-state index contributed by atoms with van der Waals surface area (Å²) >= 11 is 0. The van der Waals surface area contributed by atoms with Crippen molar-refractivity contribution < 1.29 is 19.1 Å². The maximum absolute atomic E-state index is 12.0. The van der Waals surface area contributed by atoms with Gasteiger partial charge in [-0.15, -0.1) is 0 Å². The van der Waals surface area contributed by atoms with E-state index in [0.29, 0.717) is 28.9 Å². The second-order valence-corrected chi connectivity index (χ2v) is 5.11. The molecule has 1 atom stereocenters. The summed E-state index contributed by atoms with van der Waals surface area (Å²) < 4.78 is 5.38. The predicted molar refractivity (Wildman–Crippen MR) is 77.2 cm³/mol. The molecule has 2 rings (SSSR count). The molecule has 0 radical (unpaired) electrons. The molecule has 0 fully saturated rings. The molecule has 0 aliphatic rings. The molecule has 0 bridgehead atoms. The third kappa shape index (κ3) is 3.58. The molecule has 2 aromatic rings. The number of nitrogens with one attached hydrogen (secondary N) is 1. The molecule has 1 unspecified atom stereocenters. The van der Waals surface area contributed by atoms with E-state index < -0.39 is 5.60 Å². The topological polar surface area (TPSA) is 79.5 Å². The van der Waals surface area contributed by atoms with Crippen LogP contribution in [0.4, 0.5) is 0 Å². The molecule has 110 valence electrons. The minimum absolute atomic E-state index is 0.0220. The van der Waals surface area contributed by atoms with E-state index in [4.69, 9.17) is 4.42 Å². The lowest BCUT2D eigenvalue weighted by molar-refractivity contribution is 0.0323. The Labute approximate surface area is 122 Å². The van der Waals surface area contributed by atoms with Crippen molar-refractivity contribution in [3.8, 4) is 0 Å². The number of aryl methyl sites for hydroxylation is 1. The Morgan fingerprint density at radius 3 is 2.48 bits per heavy atom. The van der Waals surface area contributed by atoms with Crippen molar-refractivity contribution >= 4 is 12.2 Å². The van der Waals surface area contributed by atoms with Gasteiger partial charge in [-0.05, 0) is 38.1 Å². The Morgan fingerprint density at radius 1 is 1.29 bits per heavy atom. The summed E-state index contributed by atoms with van der Waals surface area (Å²) in [6.07, 6.45) is 0.714. The summed E-state index contributed by atoms with van der Waals surface area (Å²) in [5, 5.41) is 13.0. The van der Waals surface area contributed by atoms with Gasteiger partial charge in [0.2, 0.25) is 0 Å². The van der Waals surface area contributed by atoms with Crippen LogP contribution in [0, 0.1) is 6.92 Å². The highest BCUT2D eigenvalue weighted by atomic mass is 16.4. The lowest BCUT2D eigenvalue weighted by Crippen LogP contribution is -2.38.